The third-order valence-electron chi connectivity index (χ3n) is 6.15. The van der Waals surface area contributed by atoms with Gasteiger partial charge in [0.2, 0.25) is 5.91 Å². The van der Waals surface area contributed by atoms with Crippen LogP contribution in [0, 0.1) is 5.82 Å². The first-order valence-corrected chi connectivity index (χ1v) is 10.7. The van der Waals surface area contributed by atoms with E-state index in [1.165, 1.54) is 17.7 Å². The SMILES string of the molecule is O=C(NC1CCN(Cc2ccc(F)cc2)CC1)C1CCCN1Cc1ccccc1. The highest BCUT2D eigenvalue weighted by Crippen LogP contribution is 2.21. The number of halogens is 1. The van der Waals surface area contributed by atoms with Gasteiger partial charge in [-0.2, -0.15) is 0 Å². The molecule has 0 saturated carbocycles. The van der Waals surface area contributed by atoms with E-state index in [1.54, 1.807) is 0 Å². The predicted octanol–water partition coefficient (Wildman–Crippen LogP) is 3.57. The highest BCUT2D eigenvalue weighted by molar-refractivity contribution is 5.82. The van der Waals surface area contributed by atoms with E-state index in [-0.39, 0.29) is 23.8 Å². The second kappa shape index (κ2) is 9.51. The normalized spacial score (nSPS) is 21.3. The summed E-state index contributed by atoms with van der Waals surface area (Å²) in [6, 6.07) is 17.4. The van der Waals surface area contributed by atoms with Crippen molar-refractivity contribution in [3.63, 3.8) is 0 Å². The minimum atomic E-state index is -0.191. The van der Waals surface area contributed by atoms with Crippen LogP contribution in [0.1, 0.15) is 36.8 Å². The van der Waals surface area contributed by atoms with Crippen LogP contribution in [0.3, 0.4) is 0 Å². The van der Waals surface area contributed by atoms with Gasteiger partial charge in [-0.15, -0.1) is 0 Å². The number of carbonyl (C=O) groups is 1. The summed E-state index contributed by atoms with van der Waals surface area (Å²) in [5.74, 6) is -0.00110. The van der Waals surface area contributed by atoms with Crippen LogP contribution in [0.5, 0.6) is 0 Å². The molecule has 29 heavy (non-hydrogen) atoms. The summed E-state index contributed by atoms with van der Waals surface area (Å²) in [4.78, 5) is 17.6. The largest absolute Gasteiger partial charge is 0.352 e. The highest BCUT2D eigenvalue weighted by atomic mass is 19.1. The molecule has 2 saturated heterocycles. The number of carbonyl (C=O) groups excluding carboxylic acids is 1. The molecule has 154 valence electrons. The number of nitrogens with one attached hydrogen (secondary N) is 1. The molecule has 1 unspecified atom stereocenters. The van der Waals surface area contributed by atoms with Crippen LogP contribution >= 0.6 is 0 Å². The zero-order valence-corrected chi connectivity index (χ0v) is 16.9. The Morgan fingerprint density at radius 3 is 2.31 bits per heavy atom. The second-order valence-corrected chi connectivity index (χ2v) is 8.30. The van der Waals surface area contributed by atoms with Crippen molar-refractivity contribution in [1.82, 2.24) is 15.1 Å². The van der Waals surface area contributed by atoms with Crippen LogP contribution in [-0.2, 0) is 17.9 Å². The van der Waals surface area contributed by atoms with Gasteiger partial charge in [0, 0.05) is 32.2 Å². The second-order valence-electron chi connectivity index (χ2n) is 8.30. The van der Waals surface area contributed by atoms with Gasteiger partial charge in [0.05, 0.1) is 6.04 Å². The van der Waals surface area contributed by atoms with Gasteiger partial charge < -0.3 is 5.32 Å². The third kappa shape index (κ3) is 5.43. The van der Waals surface area contributed by atoms with Gasteiger partial charge in [-0.3, -0.25) is 14.6 Å². The minimum Gasteiger partial charge on any atom is -0.352 e. The molecule has 1 atom stereocenters. The van der Waals surface area contributed by atoms with E-state index in [2.05, 4.69) is 39.4 Å². The molecule has 2 aliphatic rings. The van der Waals surface area contributed by atoms with E-state index in [1.807, 2.05) is 18.2 Å². The predicted molar refractivity (Wildman–Crippen MR) is 113 cm³/mol. The Labute approximate surface area is 172 Å². The van der Waals surface area contributed by atoms with Crippen LogP contribution in [0.2, 0.25) is 0 Å². The van der Waals surface area contributed by atoms with Crippen LogP contribution < -0.4 is 5.32 Å². The van der Waals surface area contributed by atoms with E-state index in [0.717, 1.165) is 64.0 Å². The maximum atomic E-state index is 13.1. The number of rotatable bonds is 6. The highest BCUT2D eigenvalue weighted by Gasteiger charge is 2.32. The van der Waals surface area contributed by atoms with E-state index in [0.29, 0.717) is 0 Å². The maximum absolute atomic E-state index is 13.1. The molecule has 2 aromatic carbocycles. The van der Waals surface area contributed by atoms with Crippen LogP contribution in [0.25, 0.3) is 0 Å². The average molecular weight is 396 g/mol. The van der Waals surface area contributed by atoms with Crippen molar-refractivity contribution in [3.8, 4) is 0 Å². The Balaban J connectivity index is 1.24. The first kappa shape index (κ1) is 20.0. The van der Waals surface area contributed by atoms with Gasteiger partial charge in [0.15, 0.2) is 0 Å². The Hall–Kier alpha value is -2.24. The van der Waals surface area contributed by atoms with E-state index < -0.39 is 0 Å². The van der Waals surface area contributed by atoms with Crippen molar-refractivity contribution < 1.29 is 9.18 Å². The van der Waals surface area contributed by atoms with Gasteiger partial charge in [0.25, 0.3) is 0 Å². The van der Waals surface area contributed by atoms with Crippen molar-refractivity contribution in [3.05, 3.63) is 71.5 Å². The summed E-state index contributed by atoms with van der Waals surface area (Å²) in [7, 11) is 0. The van der Waals surface area contributed by atoms with Gasteiger partial charge in [-0.1, -0.05) is 42.5 Å². The number of benzene rings is 2. The number of piperidine rings is 1. The Morgan fingerprint density at radius 1 is 0.897 bits per heavy atom. The molecule has 2 fully saturated rings. The number of hydrogen-bond acceptors (Lipinski definition) is 3. The van der Waals surface area contributed by atoms with Crippen molar-refractivity contribution >= 4 is 5.91 Å². The van der Waals surface area contributed by atoms with E-state index >= 15 is 0 Å². The summed E-state index contributed by atoms with van der Waals surface area (Å²) in [6.07, 6.45) is 3.97. The molecule has 1 N–H and O–H groups in total. The third-order valence-corrected chi connectivity index (χ3v) is 6.15. The average Bonchev–Trinajstić information content (AvgIpc) is 3.20. The summed E-state index contributed by atoms with van der Waals surface area (Å²) in [6.45, 7) is 4.59. The van der Waals surface area contributed by atoms with Gasteiger partial charge >= 0.3 is 0 Å². The Morgan fingerprint density at radius 2 is 1.59 bits per heavy atom. The molecule has 4 nitrogen and oxygen atoms in total. The molecule has 4 rings (SSSR count). The summed E-state index contributed by atoms with van der Waals surface area (Å²) >= 11 is 0. The van der Waals surface area contributed by atoms with E-state index in [9.17, 15) is 9.18 Å². The first-order valence-electron chi connectivity index (χ1n) is 10.7. The summed E-state index contributed by atoms with van der Waals surface area (Å²) in [5.41, 5.74) is 2.40. The molecule has 5 heteroatoms. The molecule has 0 aliphatic carbocycles. The Bertz CT molecular complexity index is 788. The molecule has 1 amide bonds. The quantitative estimate of drug-likeness (QED) is 0.812. The standard InChI is InChI=1S/C24H30FN3O/c25-21-10-8-20(9-11-21)17-27-15-12-22(13-16-27)26-24(29)23-7-4-14-28(23)18-19-5-2-1-3-6-19/h1-3,5-6,8-11,22-23H,4,7,12-18H2,(H,26,29). The lowest BCUT2D eigenvalue weighted by atomic mass is 10.0. The van der Waals surface area contributed by atoms with Gasteiger partial charge in [0.1, 0.15) is 5.82 Å². The molecule has 0 radical (unpaired) electrons. The zero-order chi connectivity index (χ0) is 20.1. The molecular weight excluding hydrogens is 365 g/mol. The fourth-order valence-corrected chi connectivity index (χ4v) is 4.51. The number of nitrogens with zero attached hydrogens (tertiary/aromatic N) is 2. The molecular formula is C24H30FN3O. The molecule has 2 aromatic rings. The molecule has 0 spiro atoms. The number of hydrogen-bond donors (Lipinski definition) is 1. The summed E-state index contributed by atoms with van der Waals surface area (Å²) < 4.78 is 13.1. The van der Waals surface area contributed by atoms with Crippen molar-refractivity contribution in [2.24, 2.45) is 0 Å². The number of amides is 1. The molecule has 2 aliphatic heterocycles. The van der Waals surface area contributed by atoms with Crippen molar-refractivity contribution in [1.29, 1.82) is 0 Å². The molecule has 0 bridgehead atoms. The minimum absolute atomic E-state index is 0.00699. The van der Waals surface area contributed by atoms with Gasteiger partial charge in [-0.25, -0.2) is 4.39 Å². The maximum Gasteiger partial charge on any atom is 0.237 e. The van der Waals surface area contributed by atoms with Crippen molar-refractivity contribution in [2.75, 3.05) is 19.6 Å². The molecule has 0 aromatic heterocycles. The smallest absolute Gasteiger partial charge is 0.237 e. The van der Waals surface area contributed by atoms with Crippen LogP contribution in [-0.4, -0.2) is 47.4 Å². The number of likely N-dealkylation sites (tertiary alicyclic amines) is 2. The fraction of sp³-hybridized carbons (Fsp3) is 0.458. The van der Waals surface area contributed by atoms with E-state index in [4.69, 9.17) is 0 Å². The monoisotopic (exact) mass is 395 g/mol. The summed E-state index contributed by atoms with van der Waals surface area (Å²) in [5, 5.41) is 3.31. The zero-order valence-electron chi connectivity index (χ0n) is 16.9. The first-order chi connectivity index (χ1) is 14.2. The van der Waals surface area contributed by atoms with Crippen molar-refractivity contribution in [2.45, 2.75) is 50.9 Å². The molecule has 2 heterocycles. The topological polar surface area (TPSA) is 35.6 Å². The lowest BCUT2D eigenvalue weighted by molar-refractivity contribution is -0.126. The fourth-order valence-electron chi connectivity index (χ4n) is 4.51. The lowest BCUT2D eigenvalue weighted by Gasteiger charge is -2.33. The Kier molecular flexibility index (Phi) is 6.57. The van der Waals surface area contributed by atoms with Crippen LogP contribution in [0.15, 0.2) is 54.6 Å². The van der Waals surface area contributed by atoms with Crippen LogP contribution in [0.4, 0.5) is 4.39 Å². The lowest BCUT2D eigenvalue weighted by Crippen LogP contribution is -2.50. The van der Waals surface area contributed by atoms with Gasteiger partial charge in [-0.05, 0) is 55.5 Å².